The van der Waals surface area contributed by atoms with E-state index in [1.165, 1.54) is 19.2 Å². The minimum absolute atomic E-state index is 0.0336. The molecule has 8 rings (SSSR count). The fourth-order valence-corrected chi connectivity index (χ4v) is 7.15. The number of anilines is 4. The molecule has 3 fully saturated rings. The van der Waals surface area contributed by atoms with Gasteiger partial charge in [-0.1, -0.05) is 5.10 Å². The average molecular weight is 744 g/mol. The predicted octanol–water partition coefficient (Wildman–Crippen LogP) is 3.46. The number of hydrogen-bond acceptors (Lipinski definition) is 11. The number of pyridine rings is 3. The van der Waals surface area contributed by atoms with Crippen molar-refractivity contribution in [3.63, 3.8) is 0 Å². The number of aromatic nitrogens is 5. The standard InChI is InChI=1S/C36H39F2N11O5/c1-4-45-19-27(31(52)23-16-26(38)33(40-32(23)45)48-13-11-46(12-14-48)20(2)50)39-35(53)41-36-43-42-34(54-36)24-18-49(21-5-6-21)28-17-29(25(37)15-22(28)30(24)51)47-9-7-44(3)8-10-47/h15-19,21H,4-14H2,1-3H3,(H2,39,41,43,53). The van der Waals surface area contributed by atoms with Gasteiger partial charge in [-0.05, 0) is 45.0 Å². The van der Waals surface area contributed by atoms with Crippen molar-refractivity contribution in [3.8, 4) is 11.5 Å². The molecule has 1 saturated carbocycles. The highest BCUT2D eigenvalue weighted by Crippen LogP contribution is 2.39. The third-order valence-corrected chi connectivity index (χ3v) is 10.4. The van der Waals surface area contributed by atoms with E-state index in [1.54, 1.807) is 26.6 Å². The van der Waals surface area contributed by atoms with Crippen LogP contribution >= 0.6 is 0 Å². The highest BCUT2D eigenvalue weighted by Gasteiger charge is 2.29. The fraction of sp³-hybridized carbons (Fsp3) is 0.417. The van der Waals surface area contributed by atoms with Gasteiger partial charge in [0.1, 0.15) is 22.7 Å². The van der Waals surface area contributed by atoms with Gasteiger partial charge in [0.25, 0.3) is 5.89 Å². The van der Waals surface area contributed by atoms with Gasteiger partial charge >= 0.3 is 12.0 Å². The van der Waals surface area contributed by atoms with E-state index >= 15 is 8.78 Å². The molecule has 2 aliphatic heterocycles. The zero-order valence-electron chi connectivity index (χ0n) is 30.1. The molecule has 0 radical (unpaired) electrons. The molecule has 18 heteroatoms. The number of nitrogens with one attached hydrogen (secondary N) is 2. The molecule has 16 nitrogen and oxygen atoms in total. The lowest BCUT2D eigenvalue weighted by atomic mass is 10.1. The summed E-state index contributed by atoms with van der Waals surface area (Å²) in [5.74, 6) is -1.34. The van der Waals surface area contributed by atoms with E-state index in [4.69, 9.17) is 4.42 Å². The molecule has 54 heavy (non-hydrogen) atoms. The Hall–Kier alpha value is -5.91. The number of carbonyl (C=O) groups is 2. The minimum atomic E-state index is -0.898. The van der Waals surface area contributed by atoms with Crippen molar-refractivity contribution in [1.29, 1.82) is 0 Å². The van der Waals surface area contributed by atoms with E-state index < -0.39 is 28.5 Å². The average Bonchev–Trinajstić information content (AvgIpc) is 3.91. The van der Waals surface area contributed by atoms with E-state index in [-0.39, 0.29) is 57.3 Å². The van der Waals surface area contributed by atoms with Gasteiger partial charge in [0.05, 0.1) is 16.6 Å². The number of benzene rings is 1. The summed E-state index contributed by atoms with van der Waals surface area (Å²) in [5.41, 5.74) is 0.0620. The first-order valence-corrected chi connectivity index (χ1v) is 18.0. The number of carbonyl (C=O) groups excluding carboxylic acids is 2. The van der Waals surface area contributed by atoms with Crippen LogP contribution < -0.4 is 31.3 Å². The number of urea groups is 1. The summed E-state index contributed by atoms with van der Waals surface area (Å²) in [4.78, 5) is 64.1. The summed E-state index contributed by atoms with van der Waals surface area (Å²) in [6.45, 7) is 8.22. The van der Waals surface area contributed by atoms with Gasteiger partial charge in [-0.25, -0.2) is 18.6 Å². The molecular weight excluding hydrogens is 704 g/mol. The summed E-state index contributed by atoms with van der Waals surface area (Å²) in [6, 6.07) is 2.99. The molecule has 2 saturated heterocycles. The van der Waals surface area contributed by atoms with E-state index in [2.05, 4.69) is 30.7 Å². The topological polar surface area (TPSA) is 167 Å². The normalized spacial score (nSPS) is 16.7. The lowest BCUT2D eigenvalue weighted by Crippen LogP contribution is -2.48. The summed E-state index contributed by atoms with van der Waals surface area (Å²) in [7, 11) is 2.03. The zero-order valence-corrected chi connectivity index (χ0v) is 30.1. The Morgan fingerprint density at radius 2 is 1.57 bits per heavy atom. The van der Waals surface area contributed by atoms with Crippen molar-refractivity contribution < 1.29 is 22.8 Å². The number of amides is 3. The van der Waals surface area contributed by atoms with Crippen LogP contribution in [0, 0.1) is 11.6 Å². The van der Waals surface area contributed by atoms with Gasteiger partial charge in [0, 0.05) is 89.6 Å². The lowest BCUT2D eigenvalue weighted by Gasteiger charge is -2.35. The van der Waals surface area contributed by atoms with Crippen LogP contribution in [0.4, 0.5) is 36.8 Å². The summed E-state index contributed by atoms with van der Waals surface area (Å²) in [6.07, 6.45) is 4.84. The van der Waals surface area contributed by atoms with Crippen molar-refractivity contribution in [2.24, 2.45) is 0 Å². The third kappa shape index (κ3) is 6.50. The van der Waals surface area contributed by atoms with E-state index in [9.17, 15) is 19.2 Å². The molecule has 282 valence electrons. The highest BCUT2D eigenvalue weighted by atomic mass is 19.1. The van der Waals surface area contributed by atoms with Crippen molar-refractivity contribution in [2.45, 2.75) is 39.3 Å². The highest BCUT2D eigenvalue weighted by molar-refractivity contribution is 5.99. The molecule has 2 N–H and O–H groups in total. The summed E-state index contributed by atoms with van der Waals surface area (Å²) >= 11 is 0. The van der Waals surface area contributed by atoms with Crippen molar-refractivity contribution >= 4 is 57.1 Å². The second kappa shape index (κ2) is 13.8. The smallest absolute Gasteiger partial charge is 0.327 e. The first-order valence-electron chi connectivity index (χ1n) is 18.0. The lowest BCUT2D eigenvalue weighted by molar-refractivity contribution is -0.129. The minimum Gasteiger partial charge on any atom is -0.403 e. The maximum Gasteiger partial charge on any atom is 0.327 e. The van der Waals surface area contributed by atoms with Crippen LogP contribution in [0.5, 0.6) is 0 Å². The maximum absolute atomic E-state index is 15.5. The summed E-state index contributed by atoms with van der Waals surface area (Å²) < 4.78 is 40.2. The van der Waals surface area contributed by atoms with Crippen LogP contribution in [-0.2, 0) is 11.3 Å². The van der Waals surface area contributed by atoms with Crippen LogP contribution in [0.2, 0.25) is 0 Å². The zero-order chi connectivity index (χ0) is 37.8. The molecule has 5 aromatic rings. The van der Waals surface area contributed by atoms with E-state index in [1.807, 2.05) is 23.4 Å². The number of nitrogens with zero attached hydrogens (tertiary/aromatic N) is 9. The number of likely N-dealkylation sites (N-methyl/N-ethyl adjacent to an activating group) is 1. The van der Waals surface area contributed by atoms with Gasteiger partial charge in [0.2, 0.25) is 16.8 Å². The third-order valence-electron chi connectivity index (χ3n) is 10.4. The molecule has 0 unspecified atom stereocenters. The van der Waals surface area contributed by atoms with Gasteiger partial charge in [-0.15, -0.1) is 5.10 Å². The second-order valence-corrected chi connectivity index (χ2v) is 13.9. The number of piperazine rings is 2. The Bertz CT molecular complexity index is 2430. The molecule has 6 heterocycles. The first-order chi connectivity index (χ1) is 26.0. The molecule has 3 aliphatic rings. The molecule has 0 bridgehead atoms. The molecule has 0 spiro atoms. The molecule has 3 amide bonds. The largest absolute Gasteiger partial charge is 0.403 e. The molecule has 4 aromatic heterocycles. The quantitative estimate of drug-likeness (QED) is 0.251. The Labute approximate surface area is 306 Å². The number of fused-ring (bicyclic) bond motifs is 2. The molecule has 1 aliphatic carbocycles. The molecule has 0 atom stereocenters. The van der Waals surface area contributed by atoms with E-state index in [0.717, 1.165) is 32.0 Å². The maximum atomic E-state index is 15.5. The Balaban J connectivity index is 1.03. The van der Waals surface area contributed by atoms with Gasteiger partial charge in [-0.2, -0.15) is 0 Å². The fourth-order valence-electron chi connectivity index (χ4n) is 7.15. The number of hydrogen-bond donors (Lipinski definition) is 2. The Kier molecular flexibility index (Phi) is 8.99. The number of aryl methyl sites for hydroxylation is 1. The van der Waals surface area contributed by atoms with E-state index in [0.29, 0.717) is 57.0 Å². The SMILES string of the molecule is CCn1cc(NC(=O)Nc2nnc(-c3cn(C4CC4)c4cc(N5CCN(C)CC5)c(F)cc4c3=O)o2)c(=O)c2cc(F)c(N3CCN(C(C)=O)CC3)nc21. The first kappa shape index (κ1) is 35.1. The Morgan fingerprint density at radius 1 is 0.870 bits per heavy atom. The van der Waals surface area contributed by atoms with Crippen molar-refractivity contribution in [3.05, 3.63) is 62.7 Å². The van der Waals surface area contributed by atoms with Crippen LogP contribution in [0.15, 0.2) is 44.6 Å². The van der Waals surface area contributed by atoms with Crippen molar-refractivity contribution in [1.82, 2.24) is 34.1 Å². The van der Waals surface area contributed by atoms with Crippen LogP contribution in [-0.4, -0.2) is 105 Å². The van der Waals surface area contributed by atoms with Crippen LogP contribution in [0.3, 0.4) is 0 Å². The van der Waals surface area contributed by atoms with Gasteiger partial charge in [-0.3, -0.25) is 19.7 Å². The van der Waals surface area contributed by atoms with Crippen LogP contribution in [0.1, 0.15) is 32.7 Å². The summed E-state index contributed by atoms with van der Waals surface area (Å²) in [5, 5.41) is 12.9. The number of rotatable bonds is 7. The number of halogens is 2. The Morgan fingerprint density at radius 3 is 2.26 bits per heavy atom. The predicted molar refractivity (Wildman–Crippen MR) is 198 cm³/mol. The van der Waals surface area contributed by atoms with Gasteiger partial charge < -0.3 is 38.5 Å². The van der Waals surface area contributed by atoms with Gasteiger partial charge in [0.15, 0.2) is 11.6 Å². The second-order valence-electron chi connectivity index (χ2n) is 13.9. The monoisotopic (exact) mass is 743 g/mol. The van der Waals surface area contributed by atoms with Crippen LogP contribution in [0.25, 0.3) is 33.4 Å². The molecule has 1 aromatic carbocycles. The van der Waals surface area contributed by atoms with Crippen molar-refractivity contribution in [2.75, 3.05) is 79.8 Å². The molecular formula is C36H39F2N11O5.